The van der Waals surface area contributed by atoms with Crippen molar-refractivity contribution in [1.29, 1.82) is 0 Å². The molecule has 0 aromatic rings. The first-order valence-corrected chi connectivity index (χ1v) is 7.50. The lowest BCUT2D eigenvalue weighted by molar-refractivity contribution is -0.267. The highest BCUT2D eigenvalue weighted by atomic mass is 16.7. The van der Waals surface area contributed by atoms with E-state index in [0.717, 1.165) is 27.7 Å². The van der Waals surface area contributed by atoms with Crippen molar-refractivity contribution in [3.05, 3.63) is 10.4 Å². The highest BCUT2D eigenvalue weighted by Crippen LogP contribution is 2.29. The lowest BCUT2D eigenvalue weighted by atomic mass is 9.97. The van der Waals surface area contributed by atoms with Crippen molar-refractivity contribution in [2.75, 3.05) is 6.61 Å². The lowest BCUT2D eigenvalue weighted by Gasteiger charge is -2.42. The minimum atomic E-state index is -1.44. The summed E-state index contributed by atoms with van der Waals surface area (Å²) < 4.78 is 25.5. The van der Waals surface area contributed by atoms with E-state index in [1.807, 2.05) is 0 Å². The van der Waals surface area contributed by atoms with Gasteiger partial charge in [-0.3, -0.25) is 19.2 Å². The minimum Gasteiger partial charge on any atom is -0.463 e. The van der Waals surface area contributed by atoms with Crippen LogP contribution in [0.15, 0.2) is 5.11 Å². The van der Waals surface area contributed by atoms with Crippen LogP contribution in [0.2, 0.25) is 0 Å². The van der Waals surface area contributed by atoms with Crippen molar-refractivity contribution in [2.24, 2.45) is 5.11 Å². The van der Waals surface area contributed by atoms with E-state index in [-0.39, 0.29) is 6.61 Å². The Kier molecular flexibility index (Phi) is 7.81. The van der Waals surface area contributed by atoms with Gasteiger partial charge in [0.25, 0.3) is 0 Å². The number of azide groups is 1. The van der Waals surface area contributed by atoms with Crippen LogP contribution < -0.4 is 0 Å². The summed E-state index contributed by atoms with van der Waals surface area (Å²) >= 11 is 0. The molecule has 0 aliphatic carbocycles. The molecule has 1 aliphatic rings. The van der Waals surface area contributed by atoms with E-state index >= 15 is 0 Å². The molecule has 3 unspecified atom stereocenters. The smallest absolute Gasteiger partial charge is 0.304 e. The summed E-state index contributed by atoms with van der Waals surface area (Å²) in [5, 5.41) is 3.44. The first-order valence-electron chi connectivity index (χ1n) is 7.50. The van der Waals surface area contributed by atoms with Gasteiger partial charge in [0.15, 0.2) is 12.2 Å². The molecule has 0 spiro atoms. The van der Waals surface area contributed by atoms with Gasteiger partial charge in [0, 0.05) is 32.6 Å². The Bertz CT molecular complexity index is 617. The lowest BCUT2D eigenvalue weighted by Crippen LogP contribution is -2.61. The van der Waals surface area contributed by atoms with Crippen LogP contribution in [-0.4, -0.2) is 61.1 Å². The molecule has 5 atom stereocenters. The Morgan fingerprint density at radius 2 is 1.46 bits per heavy atom. The normalized spacial score (nSPS) is 27.5. The largest absolute Gasteiger partial charge is 0.463 e. The third kappa shape index (κ3) is 6.22. The Hall–Kier alpha value is -2.85. The fourth-order valence-electron chi connectivity index (χ4n) is 2.33. The molecule has 0 aromatic heterocycles. The molecule has 1 rings (SSSR count). The molecule has 0 aromatic carbocycles. The highest BCUT2D eigenvalue weighted by Gasteiger charge is 2.51. The van der Waals surface area contributed by atoms with Crippen LogP contribution in [0.4, 0.5) is 0 Å². The maximum absolute atomic E-state index is 11.5. The zero-order chi connectivity index (χ0) is 19.9. The molecule has 0 bridgehead atoms. The molecule has 1 aliphatic heterocycles. The SMILES string of the molecule is CC(=O)OCC1OC(OC(C)=O)C(N=[N+]=[N-])[C@H](OC(C)=O)[C@@H]1OC(C)=O. The van der Waals surface area contributed by atoms with E-state index in [2.05, 4.69) is 10.0 Å². The fraction of sp³-hybridized carbons (Fsp3) is 0.714. The van der Waals surface area contributed by atoms with Crippen molar-refractivity contribution >= 4 is 23.9 Å². The molecule has 26 heavy (non-hydrogen) atoms. The first-order chi connectivity index (χ1) is 12.1. The number of hydrogen-bond acceptors (Lipinski definition) is 10. The summed E-state index contributed by atoms with van der Waals surface area (Å²) in [4.78, 5) is 47.9. The zero-order valence-electron chi connectivity index (χ0n) is 14.6. The van der Waals surface area contributed by atoms with Crippen LogP contribution >= 0.6 is 0 Å². The average molecular weight is 373 g/mol. The van der Waals surface area contributed by atoms with Gasteiger partial charge in [-0.1, -0.05) is 5.11 Å². The number of nitrogens with zero attached hydrogens (tertiary/aromatic N) is 3. The topological polar surface area (TPSA) is 163 Å². The molecule has 12 heteroatoms. The number of hydrogen-bond donors (Lipinski definition) is 0. The molecule has 0 amide bonds. The predicted molar refractivity (Wildman–Crippen MR) is 81.1 cm³/mol. The highest BCUT2D eigenvalue weighted by molar-refractivity contribution is 5.68. The molecule has 1 heterocycles. The van der Waals surface area contributed by atoms with Gasteiger partial charge in [0.2, 0.25) is 6.29 Å². The van der Waals surface area contributed by atoms with Crippen molar-refractivity contribution in [1.82, 2.24) is 0 Å². The molecule has 1 fully saturated rings. The van der Waals surface area contributed by atoms with Crippen molar-refractivity contribution in [3.63, 3.8) is 0 Å². The molecule has 0 N–H and O–H groups in total. The van der Waals surface area contributed by atoms with Gasteiger partial charge in [0.1, 0.15) is 18.8 Å². The summed E-state index contributed by atoms with van der Waals surface area (Å²) in [7, 11) is 0. The quantitative estimate of drug-likeness (QED) is 0.210. The van der Waals surface area contributed by atoms with E-state index in [9.17, 15) is 19.2 Å². The number of carbonyl (C=O) groups is 4. The van der Waals surface area contributed by atoms with Crippen molar-refractivity contribution < 1.29 is 42.9 Å². The van der Waals surface area contributed by atoms with Crippen LogP contribution in [0.25, 0.3) is 10.4 Å². The van der Waals surface area contributed by atoms with Crippen LogP contribution in [0.5, 0.6) is 0 Å². The second-order valence-corrected chi connectivity index (χ2v) is 5.30. The van der Waals surface area contributed by atoms with Crippen molar-refractivity contribution in [2.45, 2.75) is 58.3 Å². The maximum atomic E-state index is 11.5. The molecule has 1 saturated heterocycles. The Labute approximate surface area is 148 Å². The van der Waals surface area contributed by atoms with E-state index in [1.165, 1.54) is 0 Å². The van der Waals surface area contributed by atoms with Crippen LogP contribution in [0.3, 0.4) is 0 Å². The number of ether oxygens (including phenoxy) is 5. The van der Waals surface area contributed by atoms with Gasteiger partial charge in [-0.25, -0.2) is 0 Å². The number of rotatable bonds is 6. The molecule has 12 nitrogen and oxygen atoms in total. The minimum absolute atomic E-state index is 0.383. The van der Waals surface area contributed by atoms with Crippen molar-refractivity contribution in [3.8, 4) is 0 Å². The van der Waals surface area contributed by atoms with E-state index in [4.69, 9.17) is 29.2 Å². The fourth-order valence-corrected chi connectivity index (χ4v) is 2.33. The van der Waals surface area contributed by atoms with E-state index in [0.29, 0.717) is 0 Å². The third-order valence-corrected chi connectivity index (χ3v) is 3.14. The first kappa shape index (κ1) is 21.2. The van der Waals surface area contributed by atoms with Crippen LogP contribution in [0.1, 0.15) is 27.7 Å². The summed E-state index contributed by atoms with van der Waals surface area (Å²) in [5.74, 6) is -2.90. The standard InChI is InChI=1S/C14H19N3O9/c1-6(18)22-5-10-12(23-7(2)19)13(24-8(3)20)11(16-17-15)14(26-10)25-9(4)21/h10-14H,5H2,1-4H3/t10?,11?,12-,13+,14?/m1/s1. The molecular formula is C14H19N3O9. The molecule has 144 valence electrons. The second kappa shape index (κ2) is 9.59. The monoisotopic (exact) mass is 373 g/mol. The Morgan fingerprint density at radius 1 is 0.923 bits per heavy atom. The third-order valence-electron chi connectivity index (χ3n) is 3.14. The number of esters is 4. The second-order valence-electron chi connectivity index (χ2n) is 5.30. The van der Waals surface area contributed by atoms with Gasteiger partial charge < -0.3 is 23.7 Å². The van der Waals surface area contributed by atoms with E-state index in [1.54, 1.807) is 0 Å². The zero-order valence-corrected chi connectivity index (χ0v) is 14.6. The molecular weight excluding hydrogens is 354 g/mol. The Morgan fingerprint density at radius 3 is 1.92 bits per heavy atom. The van der Waals surface area contributed by atoms with E-state index < -0.39 is 54.5 Å². The number of carbonyl (C=O) groups excluding carboxylic acids is 4. The Balaban J connectivity index is 3.28. The van der Waals surface area contributed by atoms with Crippen LogP contribution in [0, 0.1) is 0 Å². The van der Waals surface area contributed by atoms with Gasteiger partial charge >= 0.3 is 23.9 Å². The summed E-state index contributed by atoms with van der Waals surface area (Å²) in [6.07, 6.45) is -5.18. The summed E-state index contributed by atoms with van der Waals surface area (Å²) in [5.41, 5.74) is 8.78. The van der Waals surface area contributed by atoms with Gasteiger partial charge in [-0.05, 0) is 5.53 Å². The average Bonchev–Trinajstić information content (AvgIpc) is 2.49. The maximum Gasteiger partial charge on any atom is 0.304 e. The van der Waals surface area contributed by atoms with Crippen LogP contribution in [-0.2, 0) is 42.9 Å². The van der Waals surface area contributed by atoms with Gasteiger partial charge in [-0.2, -0.15) is 0 Å². The molecule has 0 saturated carbocycles. The van der Waals surface area contributed by atoms with Gasteiger partial charge in [0.05, 0.1) is 0 Å². The molecule has 0 radical (unpaired) electrons. The predicted octanol–water partition coefficient (Wildman–Crippen LogP) is 0.380. The summed E-state index contributed by atoms with van der Waals surface area (Å²) in [6, 6.07) is -1.33. The van der Waals surface area contributed by atoms with Gasteiger partial charge in [-0.15, -0.1) is 0 Å². The summed E-state index contributed by atoms with van der Waals surface area (Å²) in [6.45, 7) is 4.06.